The molecule has 0 aliphatic heterocycles. The van der Waals surface area contributed by atoms with E-state index in [0.29, 0.717) is 27.2 Å². The fourth-order valence-electron chi connectivity index (χ4n) is 2.27. The Kier molecular flexibility index (Phi) is 6.01. The predicted octanol–water partition coefficient (Wildman–Crippen LogP) is 7.29. The molecule has 3 aromatic carbocycles. The highest BCUT2D eigenvalue weighted by Crippen LogP contribution is 2.49. The second-order valence-electron chi connectivity index (χ2n) is 6.04. The first-order valence-corrected chi connectivity index (χ1v) is 10.5. The van der Waals surface area contributed by atoms with Gasteiger partial charge in [0.25, 0.3) is 0 Å². The van der Waals surface area contributed by atoms with E-state index in [2.05, 4.69) is 5.09 Å². The molecular weight excluding hydrogens is 404 g/mol. The van der Waals surface area contributed by atoms with E-state index in [0.717, 1.165) is 11.1 Å². The zero-order valence-electron chi connectivity index (χ0n) is 14.8. The molecule has 0 heterocycles. The molecule has 1 N–H and O–H groups in total. The van der Waals surface area contributed by atoms with Crippen molar-refractivity contribution in [1.82, 2.24) is 0 Å². The Bertz CT molecular complexity index is 924. The van der Waals surface area contributed by atoms with Crippen LogP contribution in [0.25, 0.3) is 0 Å². The van der Waals surface area contributed by atoms with Gasteiger partial charge in [-0.1, -0.05) is 58.6 Å². The van der Waals surface area contributed by atoms with E-state index in [-0.39, 0.29) is 0 Å². The maximum atomic E-state index is 13.5. The average molecular weight is 422 g/mol. The molecule has 0 saturated carbocycles. The molecule has 0 saturated heterocycles. The molecule has 140 valence electrons. The Labute approximate surface area is 168 Å². The molecule has 0 atom stereocenters. The van der Waals surface area contributed by atoms with Crippen molar-refractivity contribution < 1.29 is 13.6 Å². The molecule has 3 rings (SSSR count). The molecule has 0 fully saturated rings. The molecule has 3 aromatic rings. The number of nitrogens with one attached hydrogen (secondary N) is 1. The Hall–Kier alpha value is -2.13. The molecule has 7 heteroatoms. The van der Waals surface area contributed by atoms with E-state index in [4.69, 9.17) is 32.2 Å². The maximum absolute atomic E-state index is 13.5. The van der Waals surface area contributed by atoms with Gasteiger partial charge in [-0.25, -0.2) is 4.57 Å². The summed E-state index contributed by atoms with van der Waals surface area (Å²) in [5.41, 5.74) is 2.47. The summed E-state index contributed by atoms with van der Waals surface area (Å²) in [6, 6.07) is 19.1. The fraction of sp³-hybridized carbons (Fsp3) is 0.100. The fourth-order valence-corrected chi connectivity index (χ4v) is 4.08. The van der Waals surface area contributed by atoms with Gasteiger partial charge < -0.3 is 9.05 Å². The second kappa shape index (κ2) is 8.26. The molecule has 0 aromatic heterocycles. The van der Waals surface area contributed by atoms with E-state index < -0.39 is 7.75 Å². The van der Waals surface area contributed by atoms with Gasteiger partial charge in [0.2, 0.25) is 0 Å². The Balaban J connectivity index is 1.93. The predicted molar refractivity (Wildman–Crippen MR) is 111 cm³/mol. The standard InChI is InChI=1S/C20H18Cl2NO3P/c1-14-3-8-17(9-4-14)25-27(24,26-18-10-5-15(2)6-11-18)23-20-13-16(21)7-12-19(20)22/h3-13H,1-2H3,(H,23,24). The monoisotopic (exact) mass is 421 g/mol. The minimum Gasteiger partial charge on any atom is -0.400 e. The molecule has 4 nitrogen and oxygen atoms in total. The topological polar surface area (TPSA) is 47.6 Å². The largest absolute Gasteiger partial charge is 0.541 e. The highest BCUT2D eigenvalue weighted by molar-refractivity contribution is 7.56. The molecule has 27 heavy (non-hydrogen) atoms. The van der Waals surface area contributed by atoms with Gasteiger partial charge in [-0.05, 0) is 56.3 Å². The SMILES string of the molecule is Cc1ccc(OP(=O)(Nc2cc(Cl)ccc2Cl)Oc2ccc(C)cc2)cc1. The minimum atomic E-state index is -3.86. The number of hydrogen-bond donors (Lipinski definition) is 1. The van der Waals surface area contributed by atoms with Crippen molar-refractivity contribution in [1.29, 1.82) is 0 Å². The number of anilines is 1. The van der Waals surface area contributed by atoms with Gasteiger partial charge in [0.15, 0.2) is 0 Å². The van der Waals surface area contributed by atoms with Gasteiger partial charge in [-0.3, -0.25) is 5.09 Å². The summed E-state index contributed by atoms with van der Waals surface area (Å²) in [5.74, 6) is 0.809. The summed E-state index contributed by atoms with van der Waals surface area (Å²) in [6.07, 6.45) is 0. The third-order valence-electron chi connectivity index (χ3n) is 3.68. The van der Waals surface area contributed by atoms with Crippen LogP contribution in [0.2, 0.25) is 10.0 Å². The first kappa shape index (κ1) is 19.6. The van der Waals surface area contributed by atoms with E-state index >= 15 is 0 Å². The quantitative estimate of drug-likeness (QED) is 0.424. The van der Waals surface area contributed by atoms with Crippen LogP contribution in [0.4, 0.5) is 5.69 Å². The lowest BCUT2D eigenvalue weighted by atomic mass is 10.2. The third kappa shape index (κ3) is 5.43. The lowest BCUT2D eigenvalue weighted by Crippen LogP contribution is -2.10. The first-order valence-electron chi connectivity index (χ1n) is 8.19. The van der Waals surface area contributed by atoms with Crippen molar-refractivity contribution in [3.05, 3.63) is 87.9 Å². The van der Waals surface area contributed by atoms with Crippen LogP contribution in [-0.4, -0.2) is 0 Å². The summed E-state index contributed by atoms with van der Waals surface area (Å²) in [4.78, 5) is 0. The van der Waals surface area contributed by atoms with Gasteiger partial charge >= 0.3 is 7.75 Å². The van der Waals surface area contributed by atoms with Gasteiger partial charge in [-0.2, -0.15) is 0 Å². The van der Waals surface area contributed by atoms with Crippen LogP contribution in [0, 0.1) is 13.8 Å². The lowest BCUT2D eigenvalue weighted by Gasteiger charge is -2.22. The van der Waals surface area contributed by atoms with Crippen molar-refractivity contribution in [2.45, 2.75) is 13.8 Å². The normalized spacial score (nSPS) is 11.1. The summed E-state index contributed by atoms with van der Waals surface area (Å²) >= 11 is 12.2. The first-order chi connectivity index (χ1) is 12.8. The molecule has 0 aliphatic rings. The number of benzene rings is 3. The molecule has 0 amide bonds. The molecule has 0 bridgehead atoms. The van der Waals surface area contributed by atoms with E-state index in [1.807, 2.05) is 38.1 Å². The van der Waals surface area contributed by atoms with Crippen LogP contribution in [0.3, 0.4) is 0 Å². The van der Waals surface area contributed by atoms with Crippen LogP contribution >= 0.6 is 30.9 Å². The Morgan fingerprint density at radius 3 is 1.74 bits per heavy atom. The zero-order valence-corrected chi connectivity index (χ0v) is 17.2. The van der Waals surface area contributed by atoms with Crippen LogP contribution in [0.5, 0.6) is 11.5 Å². The number of halogens is 2. The summed E-state index contributed by atoms with van der Waals surface area (Å²) in [5, 5.41) is 3.58. The van der Waals surface area contributed by atoms with Crippen LogP contribution < -0.4 is 14.1 Å². The van der Waals surface area contributed by atoms with Crippen molar-refractivity contribution in [2.24, 2.45) is 0 Å². The van der Waals surface area contributed by atoms with Gasteiger partial charge in [0.05, 0.1) is 10.7 Å². The lowest BCUT2D eigenvalue weighted by molar-refractivity contribution is 0.393. The number of hydrogen-bond acceptors (Lipinski definition) is 3. The molecule has 0 aliphatic carbocycles. The van der Waals surface area contributed by atoms with Crippen LogP contribution in [0.15, 0.2) is 66.7 Å². The maximum Gasteiger partial charge on any atom is 0.541 e. The Morgan fingerprint density at radius 1 is 0.778 bits per heavy atom. The van der Waals surface area contributed by atoms with Crippen molar-refractivity contribution in [2.75, 3.05) is 5.09 Å². The highest BCUT2D eigenvalue weighted by Gasteiger charge is 2.30. The summed E-state index contributed by atoms with van der Waals surface area (Å²) < 4.78 is 24.9. The molecule has 0 spiro atoms. The highest BCUT2D eigenvalue weighted by atomic mass is 35.5. The van der Waals surface area contributed by atoms with Crippen LogP contribution in [0.1, 0.15) is 11.1 Å². The molecule has 0 unspecified atom stereocenters. The zero-order chi connectivity index (χ0) is 19.4. The Morgan fingerprint density at radius 2 is 1.26 bits per heavy atom. The molecular formula is C20H18Cl2NO3P. The smallest absolute Gasteiger partial charge is 0.400 e. The van der Waals surface area contributed by atoms with E-state index in [1.165, 1.54) is 0 Å². The third-order valence-corrected chi connectivity index (χ3v) is 5.66. The van der Waals surface area contributed by atoms with Crippen molar-refractivity contribution in [3.8, 4) is 11.5 Å². The molecule has 0 radical (unpaired) electrons. The van der Waals surface area contributed by atoms with Crippen LogP contribution in [-0.2, 0) is 4.57 Å². The minimum absolute atomic E-state index is 0.347. The number of rotatable bonds is 6. The van der Waals surface area contributed by atoms with Gasteiger partial charge in [-0.15, -0.1) is 0 Å². The van der Waals surface area contributed by atoms with E-state index in [1.54, 1.807) is 42.5 Å². The summed E-state index contributed by atoms with van der Waals surface area (Å²) in [6.45, 7) is 3.91. The average Bonchev–Trinajstić information content (AvgIpc) is 2.62. The van der Waals surface area contributed by atoms with Crippen molar-refractivity contribution >= 4 is 36.6 Å². The van der Waals surface area contributed by atoms with Gasteiger partial charge in [0.1, 0.15) is 11.5 Å². The summed E-state index contributed by atoms with van der Waals surface area (Å²) in [7, 11) is -3.86. The second-order valence-corrected chi connectivity index (χ2v) is 8.47. The van der Waals surface area contributed by atoms with Gasteiger partial charge in [0, 0.05) is 5.02 Å². The number of aryl methyl sites for hydroxylation is 2. The van der Waals surface area contributed by atoms with Crippen molar-refractivity contribution in [3.63, 3.8) is 0 Å². The van der Waals surface area contributed by atoms with E-state index in [9.17, 15) is 4.57 Å².